The number of furan rings is 1. The highest BCUT2D eigenvalue weighted by Crippen LogP contribution is 2.44. The summed E-state index contributed by atoms with van der Waals surface area (Å²) >= 11 is 1.74. The average molecular weight is 443 g/mol. The van der Waals surface area contributed by atoms with Crippen LogP contribution in [0.1, 0.15) is 55.1 Å². The highest BCUT2D eigenvalue weighted by Gasteiger charge is 2.23. The Balaban J connectivity index is 1.47. The highest BCUT2D eigenvalue weighted by atomic mass is 32.2. The van der Waals surface area contributed by atoms with E-state index in [-0.39, 0.29) is 5.82 Å². The van der Waals surface area contributed by atoms with Gasteiger partial charge in [-0.3, -0.25) is 0 Å². The van der Waals surface area contributed by atoms with Crippen LogP contribution in [0.5, 0.6) is 0 Å². The second-order valence-electron chi connectivity index (χ2n) is 7.91. The van der Waals surface area contributed by atoms with Crippen LogP contribution in [0.25, 0.3) is 17.2 Å². The summed E-state index contributed by atoms with van der Waals surface area (Å²) in [5.74, 6) is 7.41. The van der Waals surface area contributed by atoms with E-state index in [0.717, 1.165) is 54.6 Å². The molecule has 0 amide bonds. The fourth-order valence-corrected chi connectivity index (χ4v) is 4.52. The number of halogens is 1. The van der Waals surface area contributed by atoms with Crippen molar-refractivity contribution in [2.45, 2.75) is 43.9 Å². The van der Waals surface area contributed by atoms with Crippen molar-refractivity contribution in [2.24, 2.45) is 0 Å². The predicted molar refractivity (Wildman–Crippen MR) is 134 cm³/mol. The molecule has 0 N–H and O–H groups in total. The van der Waals surface area contributed by atoms with E-state index in [1.54, 1.807) is 30.2 Å². The topological polar surface area (TPSA) is 13.1 Å². The molecule has 0 spiro atoms. The molecule has 3 heteroatoms. The van der Waals surface area contributed by atoms with Crippen LogP contribution in [0.2, 0.25) is 0 Å². The number of benzene rings is 2. The molecule has 0 saturated carbocycles. The summed E-state index contributed by atoms with van der Waals surface area (Å²) in [6.45, 7) is 2.14. The number of aryl methyl sites for hydroxylation is 1. The fourth-order valence-electron chi connectivity index (χ4n) is 4.11. The molecule has 2 aromatic carbocycles. The zero-order valence-electron chi connectivity index (χ0n) is 18.6. The van der Waals surface area contributed by atoms with E-state index in [1.165, 1.54) is 21.6 Å². The van der Waals surface area contributed by atoms with Crippen LogP contribution in [0.4, 0.5) is 4.39 Å². The maximum absolute atomic E-state index is 14.1. The number of rotatable bonds is 7. The summed E-state index contributed by atoms with van der Waals surface area (Å²) in [7, 11) is 0. The van der Waals surface area contributed by atoms with Gasteiger partial charge in [0, 0.05) is 24.2 Å². The van der Waals surface area contributed by atoms with Crippen LogP contribution in [0, 0.1) is 17.7 Å². The van der Waals surface area contributed by atoms with Gasteiger partial charge >= 0.3 is 0 Å². The lowest BCUT2D eigenvalue weighted by molar-refractivity contribution is 0.503. The van der Waals surface area contributed by atoms with Crippen LogP contribution in [0.15, 0.2) is 75.7 Å². The zero-order chi connectivity index (χ0) is 22.3. The van der Waals surface area contributed by atoms with Crippen molar-refractivity contribution in [3.63, 3.8) is 0 Å². The molecule has 0 fully saturated rings. The van der Waals surface area contributed by atoms with E-state index < -0.39 is 0 Å². The van der Waals surface area contributed by atoms with E-state index >= 15 is 0 Å². The van der Waals surface area contributed by atoms with Gasteiger partial charge in [-0.1, -0.05) is 18.2 Å². The molecule has 1 heterocycles. The molecule has 1 aromatic heterocycles. The van der Waals surface area contributed by atoms with Crippen molar-refractivity contribution >= 4 is 29.0 Å². The van der Waals surface area contributed by atoms with Crippen LogP contribution < -0.4 is 0 Å². The first kappa shape index (κ1) is 22.2. The minimum Gasteiger partial charge on any atom is -0.469 e. The van der Waals surface area contributed by atoms with Gasteiger partial charge in [-0.05, 0) is 102 Å². The minimum atomic E-state index is -0.191. The molecule has 4 rings (SSSR count). The largest absolute Gasteiger partial charge is 0.469 e. The first-order chi connectivity index (χ1) is 15.7. The molecule has 0 saturated heterocycles. The Hall–Kier alpha value is -2.96. The SMILES string of the molecule is CSc1ccc(C=C2C(C)=C(CCC#CCCCc3ccco3)c3cc(F)ccc32)cc1. The molecule has 0 unspecified atom stereocenters. The molecule has 1 nitrogen and oxygen atoms in total. The average Bonchev–Trinajstić information content (AvgIpc) is 3.41. The van der Waals surface area contributed by atoms with Gasteiger partial charge in [0.2, 0.25) is 0 Å². The summed E-state index contributed by atoms with van der Waals surface area (Å²) in [5, 5.41) is 0. The third-order valence-electron chi connectivity index (χ3n) is 5.81. The summed E-state index contributed by atoms with van der Waals surface area (Å²) < 4.78 is 19.4. The van der Waals surface area contributed by atoms with Crippen molar-refractivity contribution in [3.8, 4) is 11.8 Å². The first-order valence-electron chi connectivity index (χ1n) is 11.0. The van der Waals surface area contributed by atoms with E-state index in [9.17, 15) is 4.39 Å². The van der Waals surface area contributed by atoms with Crippen molar-refractivity contribution in [1.29, 1.82) is 0 Å². The number of unbranched alkanes of at least 4 members (excludes halogenated alkanes) is 1. The molecule has 0 radical (unpaired) electrons. The molecule has 0 atom stereocenters. The molecule has 3 aromatic rings. The number of allylic oxidation sites excluding steroid dienone is 3. The van der Waals surface area contributed by atoms with Crippen LogP contribution in [-0.2, 0) is 6.42 Å². The van der Waals surface area contributed by atoms with E-state index in [1.807, 2.05) is 18.2 Å². The normalized spacial score (nSPS) is 13.9. The van der Waals surface area contributed by atoms with Gasteiger partial charge in [0.25, 0.3) is 0 Å². The van der Waals surface area contributed by atoms with Gasteiger partial charge in [-0.25, -0.2) is 4.39 Å². The quantitative estimate of drug-likeness (QED) is 0.207. The monoisotopic (exact) mass is 442 g/mol. The lowest BCUT2D eigenvalue weighted by Gasteiger charge is -2.05. The van der Waals surface area contributed by atoms with Crippen LogP contribution in [0.3, 0.4) is 0 Å². The van der Waals surface area contributed by atoms with Gasteiger partial charge in [0.15, 0.2) is 0 Å². The molecule has 162 valence electrons. The van der Waals surface area contributed by atoms with Gasteiger partial charge in [-0.2, -0.15) is 0 Å². The van der Waals surface area contributed by atoms with E-state index in [4.69, 9.17) is 4.42 Å². The van der Waals surface area contributed by atoms with Crippen molar-refractivity contribution < 1.29 is 8.81 Å². The van der Waals surface area contributed by atoms with Gasteiger partial charge in [0.1, 0.15) is 11.6 Å². The molecular weight excluding hydrogens is 415 g/mol. The molecule has 1 aliphatic rings. The van der Waals surface area contributed by atoms with Gasteiger partial charge in [-0.15, -0.1) is 23.6 Å². The molecule has 32 heavy (non-hydrogen) atoms. The number of hydrogen-bond donors (Lipinski definition) is 0. The lowest BCUT2D eigenvalue weighted by Crippen LogP contribution is -1.87. The number of fused-ring (bicyclic) bond motifs is 1. The Labute approximate surface area is 194 Å². The predicted octanol–water partition coefficient (Wildman–Crippen LogP) is 8.27. The summed E-state index contributed by atoms with van der Waals surface area (Å²) in [5.41, 5.74) is 6.88. The maximum atomic E-state index is 14.1. The van der Waals surface area contributed by atoms with Crippen molar-refractivity contribution in [1.82, 2.24) is 0 Å². The standard InChI is InChI=1S/C29H27FOS/c1-21-26(11-7-5-3-4-6-9-24-10-8-18-31-24)29-20-23(30)14-17-27(29)28(21)19-22-12-15-25(32-2)16-13-22/h8,10,12-20H,4,6-7,9,11H2,1-2H3. The Kier molecular flexibility index (Phi) is 7.35. The smallest absolute Gasteiger partial charge is 0.123 e. The minimum absolute atomic E-state index is 0.191. The summed E-state index contributed by atoms with van der Waals surface area (Å²) in [4.78, 5) is 1.25. The molecule has 1 aliphatic carbocycles. The fraction of sp³-hybridized carbons (Fsp3) is 0.241. The van der Waals surface area contributed by atoms with Crippen molar-refractivity contribution in [2.75, 3.05) is 6.26 Å². The molecule has 0 aliphatic heterocycles. The third kappa shape index (κ3) is 5.26. The summed E-state index contributed by atoms with van der Waals surface area (Å²) in [6.07, 6.45) is 10.4. The summed E-state index contributed by atoms with van der Waals surface area (Å²) in [6, 6.07) is 17.6. The van der Waals surface area contributed by atoms with Gasteiger partial charge in [0.05, 0.1) is 6.26 Å². The van der Waals surface area contributed by atoms with E-state index in [0.29, 0.717) is 0 Å². The highest BCUT2D eigenvalue weighted by molar-refractivity contribution is 7.98. The second kappa shape index (κ2) is 10.6. The Morgan fingerprint density at radius 1 is 0.969 bits per heavy atom. The first-order valence-corrected chi connectivity index (χ1v) is 12.2. The Morgan fingerprint density at radius 2 is 1.78 bits per heavy atom. The second-order valence-corrected chi connectivity index (χ2v) is 8.79. The third-order valence-corrected chi connectivity index (χ3v) is 6.55. The molecule has 0 bridgehead atoms. The lowest BCUT2D eigenvalue weighted by atomic mass is 10.0. The van der Waals surface area contributed by atoms with Crippen molar-refractivity contribution in [3.05, 3.63) is 94.7 Å². The maximum Gasteiger partial charge on any atom is 0.123 e. The zero-order valence-corrected chi connectivity index (χ0v) is 19.4. The van der Waals surface area contributed by atoms with Crippen LogP contribution >= 0.6 is 11.8 Å². The van der Waals surface area contributed by atoms with E-state index in [2.05, 4.69) is 55.4 Å². The van der Waals surface area contributed by atoms with Crippen LogP contribution in [-0.4, -0.2) is 6.26 Å². The Bertz CT molecular complexity index is 1190. The number of thioether (sulfide) groups is 1. The Morgan fingerprint density at radius 3 is 2.53 bits per heavy atom. The van der Waals surface area contributed by atoms with Gasteiger partial charge < -0.3 is 4.42 Å². The molecular formula is C29H27FOS. The number of hydrogen-bond acceptors (Lipinski definition) is 2.